The van der Waals surface area contributed by atoms with Crippen molar-refractivity contribution >= 4 is 31.8 Å². The summed E-state index contributed by atoms with van der Waals surface area (Å²) in [4.78, 5) is 24.6. The van der Waals surface area contributed by atoms with Crippen LogP contribution in [0.25, 0.3) is 0 Å². The van der Waals surface area contributed by atoms with Gasteiger partial charge >= 0.3 is 12.4 Å². The highest BCUT2D eigenvalue weighted by atomic mass is 32.2. The maximum Gasteiger partial charge on any atom is 0.411 e. The summed E-state index contributed by atoms with van der Waals surface area (Å²) in [5.41, 5.74) is -12.0. The zero-order chi connectivity index (χ0) is 35.3. The first kappa shape index (κ1) is 35.1. The fraction of sp³-hybridized carbons (Fsp3) is 0.103. The molecule has 0 radical (unpaired) electrons. The number of halogens is 6. The van der Waals surface area contributed by atoms with Gasteiger partial charge in [-0.1, -0.05) is 36.4 Å². The molecule has 0 saturated carbocycles. The molecule has 0 saturated heterocycles. The van der Waals surface area contributed by atoms with Crippen molar-refractivity contribution in [2.24, 2.45) is 0 Å². The normalized spacial score (nSPS) is 12.9. The lowest BCUT2D eigenvalue weighted by atomic mass is 9.71. The van der Waals surface area contributed by atoms with Crippen LogP contribution in [0.3, 0.4) is 0 Å². The van der Waals surface area contributed by atoms with Crippen LogP contribution in [0.15, 0.2) is 94.7 Å². The third kappa shape index (κ3) is 6.44. The van der Waals surface area contributed by atoms with Gasteiger partial charge in [-0.25, -0.2) is 0 Å². The van der Waals surface area contributed by atoms with E-state index < -0.39 is 104 Å². The minimum Gasteiger partial charge on any atom is -0.507 e. The fourth-order valence-corrected chi connectivity index (χ4v) is 5.84. The summed E-state index contributed by atoms with van der Waals surface area (Å²) in [5, 5.41) is 20.6. The van der Waals surface area contributed by atoms with E-state index in [0.717, 1.165) is 36.4 Å². The molecule has 0 fully saturated rings. The molecule has 0 aliphatic carbocycles. The van der Waals surface area contributed by atoms with E-state index in [1.54, 1.807) is 0 Å². The van der Waals surface area contributed by atoms with Crippen molar-refractivity contribution in [2.75, 3.05) is 0 Å². The van der Waals surface area contributed by atoms with E-state index >= 15 is 0 Å². The van der Waals surface area contributed by atoms with Gasteiger partial charge < -0.3 is 10.2 Å². The van der Waals surface area contributed by atoms with Crippen molar-refractivity contribution in [2.45, 2.75) is 27.6 Å². The van der Waals surface area contributed by atoms with E-state index in [-0.39, 0.29) is 24.3 Å². The zero-order valence-corrected chi connectivity index (χ0v) is 24.5. The Morgan fingerprint density at radius 1 is 0.532 bits per heavy atom. The largest absolute Gasteiger partial charge is 0.507 e. The molecule has 4 aromatic carbocycles. The van der Waals surface area contributed by atoms with Crippen molar-refractivity contribution in [1.82, 2.24) is 0 Å². The van der Waals surface area contributed by atoms with Crippen molar-refractivity contribution < 1.29 is 72.1 Å². The Kier molecular flexibility index (Phi) is 8.80. The zero-order valence-electron chi connectivity index (χ0n) is 22.9. The summed E-state index contributed by atoms with van der Waals surface area (Å²) in [6.45, 7) is 0. The van der Waals surface area contributed by atoms with Gasteiger partial charge in [-0.2, -0.15) is 43.2 Å². The molecule has 4 rings (SSSR count). The van der Waals surface area contributed by atoms with Crippen molar-refractivity contribution in [3.63, 3.8) is 0 Å². The molecule has 0 aliphatic rings. The second-order valence-electron chi connectivity index (χ2n) is 9.87. The third-order valence-corrected chi connectivity index (χ3v) is 8.69. The van der Waals surface area contributed by atoms with Crippen LogP contribution in [0, 0.1) is 0 Å². The lowest BCUT2D eigenvalue weighted by Crippen LogP contribution is -2.54. The average Bonchev–Trinajstić information content (AvgIpc) is 2.96. The molecule has 0 unspecified atom stereocenters. The van der Waals surface area contributed by atoms with Gasteiger partial charge in [-0.05, 0) is 59.7 Å². The minimum absolute atomic E-state index is 0.0721. The van der Waals surface area contributed by atoms with E-state index in [2.05, 4.69) is 0 Å². The van der Waals surface area contributed by atoms with Crippen LogP contribution in [-0.4, -0.2) is 60.1 Å². The monoisotopic (exact) mass is 704 g/mol. The van der Waals surface area contributed by atoms with Crippen molar-refractivity contribution in [3.05, 3.63) is 118 Å². The molecule has 0 aliphatic heterocycles. The number of rotatable bonds is 8. The molecular formula is C29H18F6O10S2. The number of aromatic hydroxyl groups is 2. The molecule has 47 heavy (non-hydrogen) atoms. The highest BCUT2D eigenvalue weighted by Gasteiger charge is 2.72. The number of carbonyl (C=O) groups excluding carboxylic acids is 2. The maximum absolute atomic E-state index is 14.9. The Hall–Kier alpha value is -4.78. The topological polar surface area (TPSA) is 183 Å². The van der Waals surface area contributed by atoms with Gasteiger partial charge in [0.25, 0.3) is 20.2 Å². The Bertz CT molecular complexity index is 1990. The smallest absolute Gasteiger partial charge is 0.411 e. The lowest BCUT2D eigenvalue weighted by molar-refractivity contribution is -0.288. The fourth-order valence-electron chi connectivity index (χ4n) is 4.79. The first-order valence-corrected chi connectivity index (χ1v) is 15.4. The number of phenolic OH excluding ortho intramolecular Hbond substituents is 2. The quantitative estimate of drug-likeness (QED) is 0.104. The summed E-state index contributed by atoms with van der Waals surface area (Å²) in [6.07, 6.45) is -12.6. The second-order valence-corrected chi connectivity index (χ2v) is 12.7. The number of hydrogen-bond acceptors (Lipinski definition) is 8. The standard InChI is InChI=1S/C29H18F6O10S2/c30-28(31,32)27(29(33,34)35,17-7-9-23(36)21(13-17)25(38)15-3-1-5-19(11-15)46(40,41)42)18-8-10-24(37)22(14-18)26(39)16-4-2-6-20(12-16)47(43,44)45/h1-14,36-37H,(H,40,41,42)(H,43,44,45). The van der Waals surface area contributed by atoms with Gasteiger partial charge in [0.05, 0.1) is 20.9 Å². The van der Waals surface area contributed by atoms with Gasteiger partial charge in [0, 0.05) is 11.1 Å². The first-order chi connectivity index (χ1) is 21.5. The summed E-state index contributed by atoms with van der Waals surface area (Å²) >= 11 is 0. The number of hydrogen-bond donors (Lipinski definition) is 4. The van der Waals surface area contributed by atoms with Crippen LogP contribution >= 0.6 is 0 Å². The molecular weight excluding hydrogens is 686 g/mol. The molecule has 0 bridgehead atoms. The van der Waals surface area contributed by atoms with E-state index in [1.807, 2.05) is 0 Å². The van der Waals surface area contributed by atoms with Gasteiger partial charge in [0.15, 0.2) is 11.6 Å². The maximum atomic E-state index is 14.9. The first-order valence-electron chi connectivity index (χ1n) is 12.5. The third-order valence-electron chi connectivity index (χ3n) is 6.99. The Balaban J connectivity index is 1.99. The second kappa shape index (κ2) is 11.8. The molecule has 18 heteroatoms. The van der Waals surface area contributed by atoms with Crippen molar-refractivity contribution in [1.29, 1.82) is 0 Å². The molecule has 0 spiro atoms. The van der Waals surface area contributed by atoms with Gasteiger partial charge in [0.1, 0.15) is 11.5 Å². The van der Waals surface area contributed by atoms with E-state index in [9.17, 15) is 72.1 Å². The number of phenols is 2. The molecule has 0 heterocycles. The molecule has 0 aromatic heterocycles. The summed E-state index contributed by atoms with van der Waals surface area (Å²) in [7, 11) is -9.81. The predicted octanol–water partition coefficient (Wildman–Crippen LogP) is 5.46. The number of carbonyl (C=O) groups is 2. The van der Waals surface area contributed by atoms with Crippen LogP contribution in [0.5, 0.6) is 11.5 Å². The van der Waals surface area contributed by atoms with Crippen LogP contribution in [0.4, 0.5) is 26.3 Å². The highest BCUT2D eigenvalue weighted by molar-refractivity contribution is 7.86. The van der Waals surface area contributed by atoms with Crippen LogP contribution in [0.2, 0.25) is 0 Å². The molecule has 4 aromatic rings. The van der Waals surface area contributed by atoms with Gasteiger partial charge in [-0.15, -0.1) is 0 Å². The summed E-state index contributed by atoms with van der Waals surface area (Å²) < 4.78 is 154. The van der Waals surface area contributed by atoms with Gasteiger partial charge in [-0.3, -0.25) is 18.7 Å². The predicted molar refractivity (Wildman–Crippen MR) is 148 cm³/mol. The Morgan fingerprint density at radius 3 is 1.17 bits per heavy atom. The SMILES string of the molecule is O=C(c1cccc(S(=O)(=O)O)c1)c1cc(C(c2ccc(O)c(C(=O)c3cccc(S(=O)(=O)O)c3)c2)(C(F)(F)F)C(F)(F)F)ccc1O. The molecule has 0 amide bonds. The molecule has 4 N–H and O–H groups in total. The average molecular weight is 705 g/mol. The van der Waals surface area contributed by atoms with Crippen LogP contribution in [-0.2, 0) is 25.7 Å². The Labute approximate surface area is 261 Å². The van der Waals surface area contributed by atoms with Crippen LogP contribution in [0.1, 0.15) is 43.0 Å². The molecule has 0 atom stereocenters. The van der Waals surface area contributed by atoms with Gasteiger partial charge in [0.2, 0.25) is 5.41 Å². The molecule has 248 valence electrons. The van der Waals surface area contributed by atoms with E-state index in [4.69, 9.17) is 0 Å². The molecule has 10 nitrogen and oxygen atoms in total. The number of ketones is 2. The number of benzene rings is 4. The Morgan fingerprint density at radius 2 is 0.872 bits per heavy atom. The van der Waals surface area contributed by atoms with Crippen molar-refractivity contribution in [3.8, 4) is 11.5 Å². The summed E-state index contributed by atoms with van der Waals surface area (Å²) in [5.74, 6) is -5.08. The lowest BCUT2D eigenvalue weighted by Gasteiger charge is -2.38. The van der Waals surface area contributed by atoms with Crippen LogP contribution < -0.4 is 0 Å². The number of alkyl halides is 6. The highest BCUT2D eigenvalue weighted by Crippen LogP contribution is 2.57. The van der Waals surface area contributed by atoms with E-state index in [1.165, 1.54) is 0 Å². The minimum atomic E-state index is -6.30. The van der Waals surface area contributed by atoms with E-state index in [0.29, 0.717) is 24.3 Å². The summed E-state index contributed by atoms with van der Waals surface area (Å²) in [6, 6.07) is 7.80.